The Morgan fingerprint density at radius 2 is 1.48 bits per heavy atom. The summed E-state index contributed by atoms with van der Waals surface area (Å²) in [6, 6.07) is 20.5. The van der Waals surface area contributed by atoms with Crippen molar-refractivity contribution in [3.05, 3.63) is 77.9 Å². The van der Waals surface area contributed by atoms with Crippen LogP contribution in [-0.2, 0) is 0 Å². The monoisotopic (exact) mass is 390 g/mol. The molecular formula is C23H22N2O4. The van der Waals surface area contributed by atoms with E-state index in [-0.39, 0.29) is 5.91 Å². The van der Waals surface area contributed by atoms with Gasteiger partial charge in [0, 0.05) is 17.3 Å². The number of para-hydroxylation sites is 3. The number of anilines is 2. The van der Waals surface area contributed by atoms with E-state index >= 15 is 0 Å². The first-order valence-electron chi connectivity index (χ1n) is 9.21. The molecule has 3 aromatic rings. The van der Waals surface area contributed by atoms with Gasteiger partial charge in [0.25, 0.3) is 5.91 Å². The number of benzene rings is 3. The number of ether oxygens (including phenoxy) is 3. The van der Waals surface area contributed by atoms with Crippen molar-refractivity contribution in [3.8, 4) is 17.2 Å². The highest BCUT2D eigenvalue weighted by Crippen LogP contribution is 2.41. The summed E-state index contributed by atoms with van der Waals surface area (Å²) in [5, 5.41) is 3.48. The lowest BCUT2D eigenvalue weighted by Gasteiger charge is -2.38. The fourth-order valence-corrected chi connectivity index (χ4v) is 3.55. The molecule has 1 amide bonds. The first-order chi connectivity index (χ1) is 14.2. The second-order valence-corrected chi connectivity index (χ2v) is 6.59. The van der Waals surface area contributed by atoms with E-state index in [4.69, 9.17) is 14.2 Å². The molecule has 0 bridgehead atoms. The Labute approximate surface area is 169 Å². The van der Waals surface area contributed by atoms with Gasteiger partial charge in [0.15, 0.2) is 0 Å². The van der Waals surface area contributed by atoms with Crippen LogP contribution in [0.25, 0.3) is 0 Å². The second kappa shape index (κ2) is 7.75. The van der Waals surface area contributed by atoms with Gasteiger partial charge in [-0.1, -0.05) is 24.3 Å². The van der Waals surface area contributed by atoms with E-state index in [1.54, 1.807) is 32.3 Å². The third-order valence-corrected chi connectivity index (χ3v) is 4.96. The van der Waals surface area contributed by atoms with Gasteiger partial charge in [0.05, 0.1) is 32.6 Å². The van der Waals surface area contributed by atoms with Gasteiger partial charge in [-0.2, -0.15) is 0 Å². The van der Waals surface area contributed by atoms with Crippen LogP contribution in [0.3, 0.4) is 0 Å². The number of nitrogens with one attached hydrogen (secondary N) is 1. The Hall–Kier alpha value is -3.67. The number of carbonyl (C=O) groups is 1. The Kier molecular flexibility index (Phi) is 4.99. The summed E-state index contributed by atoms with van der Waals surface area (Å²) in [5.74, 6) is 1.79. The Morgan fingerprint density at radius 1 is 0.828 bits per heavy atom. The summed E-state index contributed by atoms with van der Waals surface area (Å²) in [5.41, 5.74) is 2.88. The molecule has 0 aromatic heterocycles. The van der Waals surface area contributed by atoms with Crippen molar-refractivity contribution in [1.82, 2.24) is 0 Å². The fraction of sp³-hybridized carbons (Fsp3) is 0.174. The van der Waals surface area contributed by atoms with Gasteiger partial charge < -0.3 is 19.5 Å². The number of rotatable bonds is 5. The van der Waals surface area contributed by atoms with Gasteiger partial charge in [0.1, 0.15) is 23.4 Å². The quantitative estimate of drug-likeness (QED) is 0.696. The van der Waals surface area contributed by atoms with Crippen LogP contribution in [0.2, 0.25) is 0 Å². The van der Waals surface area contributed by atoms with Gasteiger partial charge in [0.2, 0.25) is 0 Å². The lowest BCUT2D eigenvalue weighted by atomic mass is 10.0. The molecule has 1 aliphatic rings. The minimum atomic E-state index is -0.474. The zero-order valence-electron chi connectivity index (χ0n) is 16.5. The third-order valence-electron chi connectivity index (χ3n) is 4.96. The molecule has 0 fully saturated rings. The molecule has 3 aromatic carbocycles. The van der Waals surface area contributed by atoms with Crippen molar-refractivity contribution in [3.63, 3.8) is 0 Å². The van der Waals surface area contributed by atoms with E-state index in [0.29, 0.717) is 28.5 Å². The molecule has 0 spiro atoms. The third kappa shape index (κ3) is 3.33. The van der Waals surface area contributed by atoms with Crippen LogP contribution < -0.4 is 24.4 Å². The van der Waals surface area contributed by atoms with Crippen LogP contribution in [0.5, 0.6) is 17.2 Å². The summed E-state index contributed by atoms with van der Waals surface area (Å²) in [6.45, 7) is 0. The molecule has 4 rings (SSSR count). The zero-order valence-corrected chi connectivity index (χ0v) is 16.5. The molecule has 1 heterocycles. The highest BCUT2D eigenvalue weighted by Gasteiger charge is 2.35. The number of nitrogens with zero attached hydrogens (tertiary/aromatic N) is 1. The Balaban J connectivity index is 1.91. The summed E-state index contributed by atoms with van der Waals surface area (Å²) >= 11 is 0. The van der Waals surface area contributed by atoms with Crippen molar-refractivity contribution in [2.45, 2.75) is 6.17 Å². The van der Waals surface area contributed by atoms with E-state index in [1.165, 1.54) is 0 Å². The van der Waals surface area contributed by atoms with Crippen molar-refractivity contribution >= 4 is 17.3 Å². The maximum atomic E-state index is 13.5. The smallest absolute Gasteiger partial charge is 0.262 e. The number of hydrogen-bond acceptors (Lipinski definition) is 5. The molecule has 0 radical (unpaired) electrons. The highest BCUT2D eigenvalue weighted by atomic mass is 16.5. The van der Waals surface area contributed by atoms with Crippen LogP contribution in [0.1, 0.15) is 22.1 Å². The maximum Gasteiger partial charge on any atom is 0.262 e. The SMILES string of the molecule is COc1cc(OC)cc([C@H]2Nc3ccccc3C(=O)N2c2ccccc2OC)c1. The molecule has 0 saturated carbocycles. The number of fused-ring (bicyclic) bond motifs is 1. The maximum absolute atomic E-state index is 13.5. The lowest BCUT2D eigenvalue weighted by Crippen LogP contribution is -2.43. The molecular weight excluding hydrogens is 368 g/mol. The molecule has 1 N–H and O–H groups in total. The highest BCUT2D eigenvalue weighted by molar-refractivity contribution is 6.12. The van der Waals surface area contributed by atoms with E-state index in [9.17, 15) is 4.79 Å². The second-order valence-electron chi connectivity index (χ2n) is 6.59. The average molecular weight is 390 g/mol. The van der Waals surface area contributed by atoms with Gasteiger partial charge in [-0.05, 0) is 36.4 Å². The molecule has 29 heavy (non-hydrogen) atoms. The Morgan fingerprint density at radius 3 is 2.17 bits per heavy atom. The van der Waals surface area contributed by atoms with Gasteiger partial charge in [-0.3, -0.25) is 9.69 Å². The summed E-state index contributed by atoms with van der Waals surface area (Å²) in [6.07, 6.45) is -0.474. The van der Waals surface area contributed by atoms with E-state index < -0.39 is 6.17 Å². The van der Waals surface area contributed by atoms with Crippen molar-refractivity contribution in [1.29, 1.82) is 0 Å². The van der Waals surface area contributed by atoms with E-state index in [1.807, 2.05) is 60.7 Å². The molecule has 1 atom stereocenters. The number of methoxy groups -OCH3 is 3. The molecule has 6 nitrogen and oxygen atoms in total. The van der Waals surface area contributed by atoms with Crippen LogP contribution >= 0.6 is 0 Å². The minimum absolute atomic E-state index is 0.115. The normalized spacial score (nSPS) is 15.3. The fourth-order valence-electron chi connectivity index (χ4n) is 3.55. The lowest BCUT2D eigenvalue weighted by molar-refractivity contribution is 0.0974. The molecule has 6 heteroatoms. The Bertz CT molecular complexity index is 1030. The molecule has 148 valence electrons. The van der Waals surface area contributed by atoms with Crippen molar-refractivity contribution < 1.29 is 19.0 Å². The van der Waals surface area contributed by atoms with Crippen LogP contribution in [0, 0.1) is 0 Å². The van der Waals surface area contributed by atoms with E-state index in [2.05, 4.69) is 5.32 Å². The molecule has 0 aliphatic carbocycles. The van der Waals surface area contributed by atoms with Crippen LogP contribution in [0.4, 0.5) is 11.4 Å². The number of carbonyl (C=O) groups excluding carboxylic acids is 1. The van der Waals surface area contributed by atoms with Gasteiger partial charge in [-0.25, -0.2) is 0 Å². The summed E-state index contributed by atoms with van der Waals surface area (Å²) in [4.78, 5) is 15.2. The average Bonchev–Trinajstić information content (AvgIpc) is 2.78. The van der Waals surface area contributed by atoms with Crippen molar-refractivity contribution in [2.24, 2.45) is 0 Å². The first kappa shape index (κ1) is 18.7. The molecule has 0 unspecified atom stereocenters. The predicted octanol–water partition coefficient (Wildman–Crippen LogP) is 4.48. The number of amides is 1. The molecule has 0 saturated heterocycles. The van der Waals surface area contributed by atoms with Crippen LogP contribution in [-0.4, -0.2) is 27.2 Å². The minimum Gasteiger partial charge on any atom is -0.497 e. The number of hydrogen-bond donors (Lipinski definition) is 1. The van der Waals surface area contributed by atoms with Crippen molar-refractivity contribution in [2.75, 3.05) is 31.5 Å². The standard InChI is InChI=1S/C23H22N2O4/c1-27-16-12-15(13-17(14-16)28-2)22-24-19-9-5-4-8-18(19)23(26)25(22)20-10-6-7-11-21(20)29-3/h4-14,22,24H,1-3H3/t22-/m0/s1. The molecule has 1 aliphatic heterocycles. The summed E-state index contributed by atoms with van der Waals surface area (Å²) < 4.78 is 16.4. The zero-order chi connectivity index (χ0) is 20.4. The van der Waals surface area contributed by atoms with Gasteiger partial charge >= 0.3 is 0 Å². The largest absolute Gasteiger partial charge is 0.497 e. The van der Waals surface area contributed by atoms with E-state index in [0.717, 1.165) is 11.3 Å². The summed E-state index contributed by atoms with van der Waals surface area (Å²) in [7, 11) is 4.80. The van der Waals surface area contributed by atoms with Gasteiger partial charge in [-0.15, -0.1) is 0 Å². The predicted molar refractivity (Wildman–Crippen MR) is 112 cm³/mol. The first-order valence-corrected chi connectivity index (χ1v) is 9.21. The topological polar surface area (TPSA) is 60.0 Å². The van der Waals surface area contributed by atoms with Crippen LogP contribution in [0.15, 0.2) is 66.7 Å².